The molecule has 0 saturated carbocycles. The predicted molar refractivity (Wildman–Crippen MR) is 101 cm³/mol. The molecule has 2 aliphatic heterocycles. The van der Waals surface area contributed by atoms with Crippen LogP contribution in [0.3, 0.4) is 0 Å². The Hall–Kier alpha value is -1.89. The lowest BCUT2D eigenvalue weighted by molar-refractivity contribution is -0.134. The molecule has 12 heteroatoms. The minimum absolute atomic E-state index is 0.00205. The van der Waals surface area contributed by atoms with Gasteiger partial charge in [-0.05, 0) is 18.2 Å². The van der Waals surface area contributed by atoms with Gasteiger partial charge in [-0.15, -0.1) is 0 Å². The van der Waals surface area contributed by atoms with Crippen molar-refractivity contribution in [3.8, 4) is 5.75 Å². The number of ether oxygens (including phenoxy) is 2. The van der Waals surface area contributed by atoms with Gasteiger partial charge in [0.2, 0.25) is 10.0 Å². The van der Waals surface area contributed by atoms with Crippen LogP contribution in [0.15, 0.2) is 23.1 Å². The quantitative estimate of drug-likeness (QED) is 0.651. The van der Waals surface area contributed by atoms with Crippen LogP contribution in [0, 0.1) is 0 Å². The van der Waals surface area contributed by atoms with Crippen LogP contribution < -0.4 is 14.5 Å². The normalized spacial score (nSPS) is 20.9. The first kappa shape index (κ1) is 20.8. The van der Waals surface area contributed by atoms with E-state index < -0.39 is 31.9 Å². The summed E-state index contributed by atoms with van der Waals surface area (Å²) in [5, 5.41) is 1.69. The number of nitrogens with one attached hydrogen (secondary N) is 1. The standard InChI is InChI=1S/C16H23N3O7S2/c1-3-28(23,24)12-4-5-14-13(10-12)19(27(2,21)22)11-15(26-14)16(20)17-18-6-8-25-9-7-18/h4-5,10,15H,3,6-9,11H2,1-2H3,(H,17,20)/t15-/m1/s1. The third-order valence-corrected chi connectivity index (χ3v) is 7.39. The van der Waals surface area contributed by atoms with Crippen molar-refractivity contribution in [1.29, 1.82) is 0 Å². The van der Waals surface area contributed by atoms with E-state index in [2.05, 4.69) is 5.43 Å². The van der Waals surface area contributed by atoms with Gasteiger partial charge in [-0.1, -0.05) is 6.92 Å². The monoisotopic (exact) mass is 433 g/mol. The van der Waals surface area contributed by atoms with E-state index in [9.17, 15) is 21.6 Å². The number of nitrogens with zero attached hydrogens (tertiary/aromatic N) is 2. The molecule has 1 amide bonds. The maximum absolute atomic E-state index is 12.6. The fourth-order valence-corrected chi connectivity index (χ4v) is 4.75. The van der Waals surface area contributed by atoms with Crippen molar-refractivity contribution in [3.63, 3.8) is 0 Å². The van der Waals surface area contributed by atoms with Crippen molar-refractivity contribution >= 4 is 31.5 Å². The second-order valence-corrected chi connectivity index (χ2v) is 10.7. The maximum atomic E-state index is 12.6. The highest BCUT2D eigenvalue weighted by Gasteiger charge is 2.36. The van der Waals surface area contributed by atoms with E-state index in [0.717, 1.165) is 10.6 Å². The number of benzene rings is 1. The molecule has 3 rings (SSSR count). The summed E-state index contributed by atoms with van der Waals surface area (Å²) in [5.74, 6) is -0.462. The third-order valence-electron chi connectivity index (χ3n) is 4.51. The van der Waals surface area contributed by atoms with E-state index in [1.165, 1.54) is 25.1 Å². The third kappa shape index (κ3) is 4.40. The Morgan fingerprint density at radius 2 is 1.89 bits per heavy atom. The van der Waals surface area contributed by atoms with Crippen LogP contribution in [0.5, 0.6) is 5.75 Å². The van der Waals surface area contributed by atoms with Crippen molar-refractivity contribution < 1.29 is 31.1 Å². The van der Waals surface area contributed by atoms with Crippen LogP contribution in [0.25, 0.3) is 0 Å². The maximum Gasteiger partial charge on any atom is 0.277 e. The number of hydrogen-bond donors (Lipinski definition) is 1. The Kier molecular flexibility index (Phi) is 5.84. The first-order valence-corrected chi connectivity index (χ1v) is 12.3. The number of anilines is 1. The highest BCUT2D eigenvalue weighted by molar-refractivity contribution is 7.92. The number of amides is 1. The number of hydrazine groups is 1. The molecule has 1 atom stereocenters. The van der Waals surface area contributed by atoms with Crippen LogP contribution in [-0.4, -0.2) is 78.7 Å². The molecule has 1 saturated heterocycles. The molecule has 1 fully saturated rings. The zero-order chi connectivity index (χ0) is 20.5. The fourth-order valence-electron chi connectivity index (χ4n) is 2.94. The lowest BCUT2D eigenvalue weighted by atomic mass is 10.2. The zero-order valence-corrected chi connectivity index (χ0v) is 17.3. The summed E-state index contributed by atoms with van der Waals surface area (Å²) in [6.45, 7) is 3.26. The lowest BCUT2D eigenvalue weighted by Crippen LogP contribution is -2.56. The highest BCUT2D eigenvalue weighted by Crippen LogP contribution is 2.37. The Bertz CT molecular complexity index is 956. The molecule has 156 valence electrons. The van der Waals surface area contributed by atoms with Crippen LogP contribution in [0.4, 0.5) is 5.69 Å². The number of carbonyl (C=O) groups excluding carboxylic acids is 1. The Morgan fingerprint density at radius 1 is 1.21 bits per heavy atom. The van der Waals surface area contributed by atoms with Gasteiger partial charge < -0.3 is 9.47 Å². The SMILES string of the molecule is CCS(=O)(=O)c1ccc2c(c1)N(S(C)(=O)=O)C[C@H](C(=O)NN1CCOCC1)O2. The van der Waals surface area contributed by atoms with Crippen molar-refractivity contribution in [3.05, 3.63) is 18.2 Å². The number of hydrogen-bond acceptors (Lipinski definition) is 8. The molecule has 0 bridgehead atoms. The number of fused-ring (bicyclic) bond motifs is 1. The van der Waals surface area contributed by atoms with E-state index in [1.54, 1.807) is 5.01 Å². The van der Waals surface area contributed by atoms with Crippen molar-refractivity contribution in [2.75, 3.05) is 49.2 Å². The summed E-state index contributed by atoms with van der Waals surface area (Å²) < 4.78 is 60.8. The average molecular weight is 434 g/mol. The van der Waals surface area contributed by atoms with E-state index in [1.807, 2.05) is 0 Å². The molecule has 1 N–H and O–H groups in total. The number of sulfonamides is 1. The molecular formula is C16H23N3O7S2. The second-order valence-electron chi connectivity index (χ2n) is 6.51. The van der Waals surface area contributed by atoms with Crippen molar-refractivity contribution in [1.82, 2.24) is 10.4 Å². The molecule has 1 aromatic carbocycles. The van der Waals surface area contributed by atoms with Gasteiger partial charge in [-0.25, -0.2) is 21.8 Å². The van der Waals surface area contributed by atoms with Gasteiger partial charge in [-0.3, -0.25) is 14.5 Å². The van der Waals surface area contributed by atoms with E-state index >= 15 is 0 Å². The minimum atomic E-state index is -3.76. The molecule has 2 aliphatic rings. The Balaban J connectivity index is 1.89. The van der Waals surface area contributed by atoms with Gasteiger partial charge in [0, 0.05) is 13.1 Å². The highest BCUT2D eigenvalue weighted by atomic mass is 32.2. The summed E-state index contributed by atoms with van der Waals surface area (Å²) in [6, 6.07) is 4.00. The van der Waals surface area contributed by atoms with Gasteiger partial charge in [-0.2, -0.15) is 0 Å². The van der Waals surface area contributed by atoms with Gasteiger partial charge in [0.05, 0.1) is 42.4 Å². The van der Waals surface area contributed by atoms with Crippen LogP contribution in [-0.2, 0) is 29.4 Å². The summed E-state index contributed by atoms with van der Waals surface area (Å²) >= 11 is 0. The number of carbonyl (C=O) groups is 1. The molecule has 2 heterocycles. The zero-order valence-electron chi connectivity index (χ0n) is 15.6. The largest absolute Gasteiger partial charge is 0.476 e. The van der Waals surface area contributed by atoms with E-state index in [0.29, 0.717) is 26.3 Å². The van der Waals surface area contributed by atoms with Gasteiger partial charge in [0.15, 0.2) is 15.9 Å². The van der Waals surface area contributed by atoms with Gasteiger partial charge in [0.25, 0.3) is 5.91 Å². The lowest BCUT2D eigenvalue weighted by Gasteiger charge is -2.35. The van der Waals surface area contributed by atoms with Crippen LogP contribution >= 0.6 is 0 Å². The smallest absolute Gasteiger partial charge is 0.277 e. The van der Waals surface area contributed by atoms with Gasteiger partial charge in [0.1, 0.15) is 5.75 Å². The minimum Gasteiger partial charge on any atom is -0.476 e. The number of morpholine rings is 1. The summed E-state index contributed by atoms with van der Waals surface area (Å²) in [7, 11) is -7.29. The first-order chi connectivity index (χ1) is 13.1. The molecule has 0 spiro atoms. The van der Waals surface area contributed by atoms with E-state index in [4.69, 9.17) is 9.47 Å². The molecule has 0 radical (unpaired) electrons. The first-order valence-electron chi connectivity index (χ1n) is 8.76. The van der Waals surface area contributed by atoms with Crippen molar-refractivity contribution in [2.24, 2.45) is 0 Å². The molecule has 0 aromatic heterocycles. The molecule has 0 unspecified atom stereocenters. The Labute approximate surface area is 164 Å². The summed E-state index contributed by atoms with van der Waals surface area (Å²) in [4.78, 5) is 12.6. The number of rotatable bonds is 5. The fraction of sp³-hybridized carbons (Fsp3) is 0.562. The van der Waals surface area contributed by atoms with Crippen molar-refractivity contribution in [2.45, 2.75) is 17.9 Å². The Morgan fingerprint density at radius 3 is 2.50 bits per heavy atom. The number of sulfone groups is 1. The molecule has 1 aromatic rings. The summed E-state index contributed by atoms with van der Waals surface area (Å²) in [6.07, 6.45) is -0.0706. The summed E-state index contributed by atoms with van der Waals surface area (Å²) in [5.41, 5.74) is 2.81. The average Bonchev–Trinajstić information content (AvgIpc) is 2.66. The van der Waals surface area contributed by atoms with Crippen LogP contribution in [0.1, 0.15) is 6.92 Å². The van der Waals surface area contributed by atoms with Crippen LogP contribution in [0.2, 0.25) is 0 Å². The molecule has 0 aliphatic carbocycles. The predicted octanol–water partition coefficient (Wildman–Crippen LogP) is -0.629. The molecule has 28 heavy (non-hydrogen) atoms. The molecular weight excluding hydrogens is 410 g/mol. The van der Waals surface area contributed by atoms with Gasteiger partial charge >= 0.3 is 0 Å². The molecule has 10 nitrogen and oxygen atoms in total. The second kappa shape index (κ2) is 7.85. The van der Waals surface area contributed by atoms with E-state index in [-0.39, 0.29) is 28.6 Å². The topological polar surface area (TPSA) is 122 Å².